The van der Waals surface area contributed by atoms with Gasteiger partial charge in [-0.25, -0.2) is 9.18 Å². The van der Waals surface area contributed by atoms with Gasteiger partial charge in [0, 0.05) is 55.3 Å². The summed E-state index contributed by atoms with van der Waals surface area (Å²) in [5.74, 6) is -2.50. The number of halogens is 2. The number of ether oxygens (including phenoxy) is 2. The number of hydrogen-bond acceptors (Lipinski definition) is 8. The molecule has 1 N–H and O–H groups in total. The predicted octanol–water partition coefficient (Wildman–Crippen LogP) is 3.44. The molecule has 11 heteroatoms. The van der Waals surface area contributed by atoms with Crippen molar-refractivity contribution in [1.29, 1.82) is 0 Å². The maximum absolute atomic E-state index is 13.6. The summed E-state index contributed by atoms with van der Waals surface area (Å²) in [5, 5.41) is 10.9. The van der Waals surface area contributed by atoms with E-state index in [4.69, 9.17) is 25.5 Å². The van der Waals surface area contributed by atoms with Crippen LogP contribution in [0.5, 0.6) is 0 Å². The highest BCUT2D eigenvalue weighted by Gasteiger charge is 2.33. The van der Waals surface area contributed by atoms with Crippen molar-refractivity contribution < 1.29 is 33.0 Å². The minimum atomic E-state index is -0.918. The number of carbonyl (C=O) groups is 2. The molecule has 41 heavy (non-hydrogen) atoms. The molecule has 2 saturated heterocycles. The molecule has 2 aliphatic heterocycles. The number of nitrogens with zero attached hydrogens (tertiary/aromatic N) is 2. The Labute approximate surface area is 241 Å². The van der Waals surface area contributed by atoms with E-state index in [0.717, 1.165) is 19.2 Å². The van der Waals surface area contributed by atoms with Crippen molar-refractivity contribution in [3.63, 3.8) is 0 Å². The lowest BCUT2D eigenvalue weighted by Crippen LogP contribution is -2.45. The molecule has 3 aromatic rings. The molecule has 5 rings (SSSR count). The van der Waals surface area contributed by atoms with Crippen molar-refractivity contribution in [2.75, 3.05) is 59.2 Å². The van der Waals surface area contributed by atoms with Crippen LogP contribution in [0.15, 0.2) is 51.7 Å². The molecule has 218 valence electrons. The topological polar surface area (TPSA) is 110 Å². The lowest BCUT2D eigenvalue weighted by atomic mass is 9.92. The van der Waals surface area contributed by atoms with Crippen LogP contribution >= 0.6 is 11.6 Å². The van der Waals surface area contributed by atoms with E-state index >= 15 is 0 Å². The van der Waals surface area contributed by atoms with Gasteiger partial charge in [-0.15, -0.1) is 0 Å². The second kappa shape index (κ2) is 13.1. The second-order valence-electron chi connectivity index (χ2n) is 10.3. The van der Waals surface area contributed by atoms with E-state index in [9.17, 15) is 23.9 Å². The minimum absolute atomic E-state index is 0.142. The molecule has 2 aromatic carbocycles. The predicted molar refractivity (Wildman–Crippen MR) is 150 cm³/mol. The van der Waals surface area contributed by atoms with E-state index in [1.54, 1.807) is 23.1 Å². The molecule has 0 bridgehead atoms. The highest BCUT2D eigenvalue weighted by Crippen LogP contribution is 2.34. The third kappa shape index (κ3) is 6.78. The third-order valence-electron chi connectivity index (χ3n) is 7.69. The van der Waals surface area contributed by atoms with E-state index < -0.39 is 29.9 Å². The van der Waals surface area contributed by atoms with Crippen LogP contribution in [0.2, 0.25) is 5.02 Å². The summed E-state index contributed by atoms with van der Waals surface area (Å²) in [7, 11) is 0. The van der Waals surface area contributed by atoms with Crippen LogP contribution in [0.1, 0.15) is 24.3 Å². The van der Waals surface area contributed by atoms with Gasteiger partial charge in [0.1, 0.15) is 18.0 Å². The standard InChI is InChI=1S/C30H32ClFN2O7/c31-26-15-21(32)4-6-22(26)24-16-28(36)41-27-14-19(3-5-23(24)27)25(18-35)29(37)34-7-1-2-20(17-34)30(38)40-13-10-33-8-11-39-12-9-33/h3-6,14-16,20,25,35H,1-2,7-13,17-18H2/t20-,25-/m0/s1. The van der Waals surface area contributed by atoms with E-state index in [1.807, 2.05) is 0 Å². The van der Waals surface area contributed by atoms with Crippen LogP contribution in [0.25, 0.3) is 22.1 Å². The molecule has 2 fully saturated rings. The van der Waals surface area contributed by atoms with Gasteiger partial charge in [-0.05, 0) is 42.7 Å². The Hall–Kier alpha value is -3.31. The zero-order chi connectivity index (χ0) is 28.9. The molecule has 3 heterocycles. The second-order valence-corrected chi connectivity index (χ2v) is 10.7. The zero-order valence-corrected chi connectivity index (χ0v) is 23.3. The summed E-state index contributed by atoms with van der Waals surface area (Å²) in [4.78, 5) is 42.5. The summed E-state index contributed by atoms with van der Waals surface area (Å²) in [6, 6.07) is 10.1. The Morgan fingerprint density at radius 1 is 1.10 bits per heavy atom. The normalized spacial score (nSPS) is 18.8. The number of aliphatic hydroxyl groups is 1. The molecule has 0 unspecified atom stereocenters. The molecular formula is C30H32ClFN2O7. The monoisotopic (exact) mass is 586 g/mol. The number of piperidine rings is 1. The maximum atomic E-state index is 13.6. The Balaban J connectivity index is 1.29. The quantitative estimate of drug-likeness (QED) is 0.316. The first-order valence-electron chi connectivity index (χ1n) is 13.7. The Kier molecular flexibility index (Phi) is 9.34. The average Bonchev–Trinajstić information content (AvgIpc) is 2.97. The van der Waals surface area contributed by atoms with Gasteiger partial charge in [0.25, 0.3) is 0 Å². The first-order valence-corrected chi connectivity index (χ1v) is 14.1. The van der Waals surface area contributed by atoms with Crippen molar-refractivity contribution in [2.45, 2.75) is 18.8 Å². The number of benzene rings is 2. The lowest BCUT2D eigenvalue weighted by Gasteiger charge is -2.34. The van der Waals surface area contributed by atoms with Crippen molar-refractivity contribution in [2.24, 2.45) is 5.92 Å². The van der Waals surface area contributed by atoms with Crippen molar-refractivity contribution in [3.8, 4) is 11.1 Å². The molecule has 2 atom stereocenters. The first kappa shape index (κ1) is 29.2. The van der Waals surface area contributed by atoms with E-state index in [1.165, 1.54) is 18.2 Å². The minimum Gasteiger partial charge on any atom is -0.464 e. The highest BCUT2D eigenvalue weighted by atomic mass is 35.5. The van der Waals surface area contributed by atoms with Crippen LogP contribution in [-0.2, 0) is 19.1 Å². The Morgan fingerprint density at radius 3 is 2.66 bits per heavy atom. The fourth-order valence-electron chi connectivity index (χ4n) is 5.46. The van der Waals surface area contributed by atoms with Crippen LogP contribution in [0.4, 0.5) is 4.39 Å². The molecule has 0 saturated carbocycles. The molecule has 9 nitrogen and oxygen atoms in total. The average molecular weight is 587 g/mol. The summed E-state index contributed by atoms with van der Waals surface area (Å²) in [6.07, 6.45) is 1.27. The first-order chi connectivity index (χ1) is 19.8. The maximum Gasteiger partial charge on any atom is 0.336 e. The fraction of sp³-hybridized carbons (Fsp3) is 0.433. The number of hydrogen-bond donors (Lipinski definition) is 1. The fourth-order valence-corrected chi connectivity index (χ4v) is 5.73. The number of carbonyl (C=O) groups excluding carboxylic acids is 2. The number of esters is 1. The summed E-state index contributed by atoms with van der Waals surface area (Å²) >= 11 is 6.25. The van der Waals surface area contributed by atoms with E-state index in [-0.39, 0.29) is 35.6 Å². The molecule has 1 amide bonds. The number of amides is 1. The molecule has 0 aliphatic carbocycles. The Morgan fingerprint density at radius 2 is 1.90 bits per heavy atom. The summed E-state index contributed by atoms with van der Waals surface area (Å²) in [6.45, 7) is 4.10. The molecule has 0 spiro atoms. The molecule has 1 aromatic heterocycles. The van der Waals surface area contributed by atoms with Gasteiger partial charge in [0.05, 0.1) is 36.7 Å². The van der Waals surface area contributed by atoms with Gasteiger partial charge < -0.3 is 23.9 Å². The van der Waals surface area contributed by atoms with Crippen LogP contribution in [-0.4, -0.2) is 85.9 Å². The molecule has 2 aliphatic rings. The molecule has 0 radical (unpaired) electrons. The van der Waals surface area contributed by atoms with Crippen LogP contribution in [0, 0.1) is 11.7 Å². The van der Waals surface area contributed by atoms with Gasteiger partial charge >= 0.3 is 11.6 Å². The largest absolute Gasteiger partial charge is 0.464 e. The number of rotatable bonds is 8. The Bertz CT molecular complexity index is 1470. The number of aliphatic hydroxyl groups excluding tert-OH is 1. The van der Waals surface area contributed by atoms with Crippen molar-refractivity contribution in [1.82, 2.24) is 9.80 Å². The van der Waals surface area contributed by atoms with Crippen molar-refractivity contribution in [3.05, 3.63) is 69.3 Å². The number of fused-ring (bicyclic) bond motifs is 1. The van der Waals surface area contributed by atoms with E-state index in [2.05, 4.69) is 4.90 Å². The lowest BCUT2D eigenvalue weighted by molar-refractivity contribution is -0.152. The van der Waals surface area contributed by atoms with Gasteiger partial charge in [-0.2, -0.15) is 0 Å². The molecular weight excluding hydrogens is 555 g/mol. The van der Waals surface area contributed by atoms with Crippen molar-refractivity contribution >= 4 is 34.4 Å². The van der Waals surface area contributed by atoms with Gasteiger partial charge in [-0.1, -0.05) is 23.7 Å². The van der Waals surface area contributed by atoms with E-state index in [0.29, 0.717) is 61.2 Å². The zero-order valence-electron chi connectivity index (χ0n) is 22.5. The SMILES string of the molecule is O=C(OCCN1CCOCC1)[C@H]1CCCN(C(=O)[C@@H](CO)c2ccc3c(-c4ccc(F)cc4Cl)cc(=O)oc3c2)C1. The highest BCUT2D eigenvalue weighted by molar-refractivity contribution is 6.33. The van der Waals surface area contributed by atoms with Gasteiger partial charge in [-0.3, -0.25) is 14.5 Å². The van der Waals surface area contributed by atoms with Crippen LogP contribution in [0.3, 0.4) is 0 Å². The van der Waals surface area contributed by atoms with Gasteiger partial charge in [0.2, 0.25) is 5.91 Å². The van der Waals surface area contributed by atoms with Crippen LogP contribution < -0.4 is 5.63 Å². The number of morpholine rings is 1. The third-order valence-corrected chi connectivity index (χ3v) is 8.01. The summed E-state index contributed by atoms with van der Waals surface area (Å²) < 4.78 is 29.9. The van der Waals surface area contributed by atoms with Gasteiger partial charge in [0.15, 0.2) is 0 Å². The number of likely N-dealkylation sites (tertiary alicyclic amines) is 1. The smallest absolute Gasteiger partial charge is 0.336 e. The summed E-state index contributed by atoms with van der Waals surface area (Å²) in [5.41, 5.74) is 0.959.